The average Bonchev–Trinajstić information content (AvgIpc) is 3.18. The summed E-state index contributed by atoms with van der Waals surface area (Å²) in [6.07, 6.45) is 4.99. The summed E-state index contributed by atoms with van der Waals surface area (Å²) in [5.41, 5.74) is 13.8. The van der Waals surface area contributed by atoms with Gasteiger partial charge in [-0.15, -0.1) is 0 Å². The van der Waals surface area contributed by atoms with Crippen LogP contribution in [0.2, 0.25) is 0 Å². The predicted molar refractivity (Wildman–Crippen MR) is 136 cm³/mol. The third kappa shape index (κ3) is 4.09. The van der Waals surface area contributed by atoms with Gasteiger partial charge >= 0.3 is 212 Å². The molecule has 167 valence electrons. The van der Waals surface area contributed by atoms with Gasteiger partial charge in [0.15, 0.2) is 0 Å². The summed E-state index contributed by atoms with van der Waals surface area (Å²) < 4.78 is 0.511. The van der Waals surface area contributed by atoms with Crippen LogP contribution in [0.1, 0.15) is 101 Å². The Bertz CT molecular complexity index is 1140. The SMILES string of the molecule is CC1C=C(C(C)(C)C)C=C1c1cc(C(C)(C)C)cc2c1[CH]([Zr])c1ccc(C(C)(C)C)cc1-2. The standard InChI is InChI=1S/C31H39.Zr/c1-19-13-22(30(5,6)7)16-24(19)27-17-23(31(8,9)10)18-28-25-15-21(29(2,3)4)12-11-20(25)14-26(27)28;/h11-19H,1-10H3;. The molecule has 0 fully saturated rings. The Morgan fingerprint density at radius 2 is 1.25 bits per heavy atom. The van der Waals surface area contributed by atoms with Crippen molar-refractivity contribution >= 4 is 5.57 Å². The minimum absolute atomic E-state index is 0.119. The monoisotopic (exact) mass is 501 g/mol. The molecule has 2 aromatic rings. The summed E-state index contributed by atoms with van der Waals surface area (Å²) in [6.45, 7) is 23.4. The van der Waals surface area contributed by atoms with Gasteiger partial charge in [0.1, 0.15) is 0 Å². The van der Waals surface area contributed by atoms with Crippen LogP contribution >= 0.6 is 0 Å². The van der Waals surface area contributed by atoms with Crippen molar-refractivity contribution in [3.05, 3.63) is 75.9 Å². The van der Waals surface area contributed by atoms with Gasteiger partial charge in [-0.2, -0.15) is 0 Å². The van der Waals surface area contributed by atoms with Crippen molar-refractivity contribution in [3.63, 3.8) is 0 Å². The number of allylic oxidation sites excluding steroid dienone is 4. The van der Waals surface area contributed by atoms with Gasteiger partial charge in [-0.05, 0) is 0 Å². The zero-order valence-electron chi connectivity index (χ0n) is 21.7. The molecule has 0 bridgehead atoms. The molecule has 0 aliphatic heterocycles. The molecule has 1 heteroatoms. The van der Waals surface area contributed by atoms with E-state index in [0.717, 1.165) is 0 Å². The summed E-state index contributed by atoms with van der Waals surface area (Å²) in [7, 11) is 0. The molecule has 0 N–H and O–H groups in total. The zero-order valence-corrected chi connectivity index (χ0v) is 24.2. The maximum atomic E-state index is 2.52. The van der Waals surface area contributed by atoms with Crippen LogP contribution in [0.5, 0.6) is 0 Å². The van der Waals surface area contributed by atoms with E-state index in [2.05, 4.69) is 112 Å². The van der Waals surface area contributed by atoms with Crippen molar-refractivity contribution < 1.29 is 24.7 Å². The van der Waals surface area contributed by atoms with Crippen LogP contribution in [-0.4, -0.2) is 0 Å². The van der Waals surface area contributed by atoms with Crippen LogP contribution in [-0.2, 0) is 35.5 Å². The summed E-state index contributed by atoms with van der Waals surface area (Å²) >= 11 is 1.58. The second kappa shape index (κ2) is 7.66. The Hall–Kier alpha value is -1.20. The number of hydrogen-bond acceptors (Lipinski definition) is 0. The molecule has 32 heavy (non-hydrogen) atoms. The second-order valence-corrected chi connectivity index (χ2v) is 14.4. The molecular weight excluding hydrogens is 464 g/mol. The molecule has 0 heterocycles. The number of fused-ring (bicyclic) bond motifs is 3. The molecule has 0 saturated heterocycles. The quantitative estimate of drug-likeness (QED) is 0.365. The first-order valence-corrected chi connectivity index (χ1v) is 13.5. The van der Waals surface area contributed by atoms with Gasteiger partial charge in [0.25, 0.3) is 0 Å². The van der Waals surface area contributed by atoms with E-state index in [0.29, 0.717) is 9.54 Å². The van der Waals surface area contributed by atoms with Crippen LogP contribution in [0.15, 0.2) is 48.1 Å². The first-order chi connectivity index (χ1) is 14.6. The van der Waals surface area contributed by atoms with E-state index >= 15 is 0 Å². The van der Waals surface area contributed by atoms with Crippen molar-refractivity contribution in [2.24, 2.45) is 11.3 Å². The van der Waals surface area contributed by atoms with E-state index in [1.165, 1.54) is 44.5 Å². The van der Waals surface area contributed by atoms with Crippen molar-refractivity contribution in [1.82, 2.24) is 0 Å². The molecule has 0 aromatic heterocycles. The van der Waals surface area contributed by atoms with E-state index in [-0.39, 0.29) is 16.2 Å². The van der Waals surface area contributed by atoms with Gasteiger partial charge in [0.05, 0.1) is 0 Å². The van der Waals surface area contributed by atoms with Gasteiger partial charge in [-0.1, -0.05) is 0 Å². The Balaban J connectivity index is 1.99. The summed E-state index contributed by atoms with van der Waals surface area (Å²) in [6, 6.07) is 12.3. The second-order valence-electron chi connectivity index (χ2n) is 13.0. The van der Waals surface area contributed by atoms with Gasteiger partial charge in [0, 0.05) is 0 Å². The normalized spacial score (nSPS) is 20.7. The Morgan fingerprint density at radius 3 is 1.78 bits per heavy atom. The summed E-state index contributed by atoms with van der Waals surface area (Å²) in [4.78, 5) is 0. The fourth-order valence-corrected chi connectivity index (χ4v) is 6.40. The summed E-state index contributed by atoms with van der Waals surface area (Å²) in [5, 5.41) is 0. The van der Waals surface area contributed by atoms with Crippen LogP contribution < -0.4 is 0 Å². The van der Waals surface area contributed by atoms with Crippen LogP contribution in [0.3, 0.4) is 0 Å². The summed E-state index contributed by atoms with van der Waals surface area (Å²) in [5.74, 6) is 0.459. The maximum absolute atomic E-state index is 2.52. The molecule has 0 saturated carbocycles. The fraction of sp³-hybridized carbons (Fsp3) is 0.484. The third-order valence-electron chi connectivity index (χ3n) is 7.26. The van der Waals surface area contributed by atoms with Crippen molar-refractivity contribution in [2.75, 3.05) is 0 Å². The number of rotatable bonds is 1. The minimum atomic E-state index is 0.119. The van der Waals surface area contributed by atoms with E-state index in [4.69, 9.17) is 0 Å². The number of hydrogen-bond donors (Lipinski definition) is 0. The van der Waals surface area contributed by atoms with Gasteiger partial charge < -0.3 is 0 Å². The molecule has 2 aliphatic carbocycles. The van der Waals surface area contributed by atoms with Crippen molar-refractivity contribution in [2.45, 2.75) is 83.7 Å². The van der Waals surface area contributed by atoms with Gasteiger partial charge in [-0.3, -0.25) is 0 Å². The molecule has 0 amide bonds. The molecule has 2 atom stereocenters. The zero-order chi connectivity index (χ0) is 23.8. The van der Waals surface area contributed by atoms with E-state index in [1.54, 1.807) is 30.3 Å². The van der Waals surface area contributed by atoms with Crippen LogP contribution in [0.25, 0.3) is 16.7 Å². The molecular formula is C31H39Zr. The first-order valence-electron chi connectivity index (χ1n) is 12.1. The first kappa shape index (κ1) is 23.9. The molecule has 0 radical (unpaired) electrons. The Kier molecular flexibility index (Phi) is 5.73. The molecule has 0 nitrogen and oxygen atoms in total. The predicted octanol–water partition coefficient (Wildman–Crippen LogP) is 8.90. The third-order valence-corrected chi connectivity index (χ3v) is 8.74. The molecule has 0 spiro atoms. The number of benzene rings is 2. The average molecular weight is 503 g/mol. The van der Waals surface area contributed by atoms with Crippen LogP contribution in [0.4, 0.5) is 0 Å². The van der Waals surface area contributed by atoms with Gasteiger partial charge in [-0.25, -0.2) is 0 Å². The van der Waals surface area contributed by atoms with E-state index in [9.17, 15) is 0 Å². The molecule has 2 unspecified atom stereocenters. The molecule has 2 aliphatic rings. The van der Waals surface area contributed by atoms with Crippen LogP contribution in [0, 0.1) is 11.3 Å². The van der Waals surface area contributed by atoms with Crippen molar-refractivity contribution in [1.29, 1.82) is 0 Å². The van der Waals surface area contributed by atoms with E-state index in [1.807, 2.05) is 0 Å². The molecule has 2 aromatic carbocycles. The molecule has 4 rings (SSSR count). The topological polar surface area (TPSA) is 0 Å². The van der Waals surface area contributed by atoms with E-state index < -0.39 is 0 Å². The van der Waals surface area contributed by atoms with Gasteiger partial charge in [0.2, 0.25) is 0 Å². The Labute approximate surface area is 211 Å². The van der Waals surface area contributed by atoms with Crippen molar-refractivity contribution in [3.8, 4) is 11.1 Å². The fourth-order valence-electron chi connectivity index (χ4n) is 5.02. The Morgan fingerprint density at radius 1 is 0.688 bits per heavy atom.